The van der Waals surface area contributed by atoms with Gasteiger partial charge in [-0.1, -0.05) is 31.2 Å². The van der Waals surface area contributed by atoms with Crippen molar-refractivity contribution in [3.63, 3.8) is 0 Å². The zero-order chi connectivity index (χ0) is 23.8. The molecule has 33 heavy (non-hydrogen) atoms. The van der Waals surface area contributed by atoms with Crippen molar-refractivity contribution in [2.24, 2.45) is 0 Å². The zero-order valence-corrected chi connectivity index (χ0v) is 19.9. The Morgan fingerprint density at radius 1 is 1.06 bits per heavy atom. The van der Waals surface area contributed by atoms with Crippen LogP contribution in [0.4, 0.5) is 0 Å². The van der Waals surface area contributed by atoms with Gasteiger partial charge in [-0.05, 0) is 49.6 Å². The first kappa shape index (κ1) is 24.6. The maximum Gasteiger partial charge on any atom is 0.261 e. The van der Waals surface area contributed by atoms with Crippen molar-refractivity contribution in [1.82, 2.24) is 14.5 Å². The molecule has 0 spiro atoms. The lowest BCUT2D eigenvalue weighted by Crippen LogP contribution is -2.39. The molecule has 7 heteroatoms. The fourth-order valence-electron chi connectivity index (χ4n) is 3.94. The fourth-order valence-corrected chi connectivity index (χ4v) is 3.94. The van der Waals surface area contributed by atoms with Crippen LogP contribution < -0.4 is 5.56 Å². The van der Waals surface area contributed by atoms with Crippen LogP contribution in [0.5, 0.6) is 0 Å². The molecule has 3 rings (SSSR count). The average molecular weight is 452 g/mol. The predicted molar refractivity (Wildman–Crippen MR) is 130 cm³/mol. The molecular formula is C26H33N3O4. The summed E-state index contributed by atoms with van der Waals surface area (Å²) in [6.07, 6.45) is 1.59. The largest absolute Gasteiger partial charge is 0.385 e. The number of carbonyl (C=O) groups excluding carboxylic acids is 1. The van der Waals surface area contributed by atoms with E-state index in [-0.39, 0.29) is 11.5 Å². The molecule has 1 atom stereocenters. The third-order valence-corrected chi connectivity index (χ3v) is 5.87. The summed E-state index contributed by atoms with van der Waals surface area (Å²) in [6, 6.07) is 14.6. The van der Waals surface area contributed by atoms with E-state index < -0.39 is 6.04 Å². The highest BCUT2D eigenvalue weighted by molar-refractivity contribution is 5.94. The van der Waals surface area contributed by atoms with Crippen molar-refractivity contribution in [3.8, 4) is 0 Å². The van der Waals surface area contributed by atoms with Crippen LogP contribution in [0.2, 0.25) is 0 Å². The van der Waals surface area contributed by atoms with Gasteiger partial charge in [-0.3, -0.25) is 14.2 Å². The molecule has 1 heterocycles. The minimum atomic E-state index is -0.422. The first-order chi connectivity index (χ1) is 16.0. The Bertz CT molecular complexity index is 1120. The van der Waals surface area contributed by atoms with Crippen molar-refractivity contribution in [2.45, 2.75) is 39.3 Å². The molecule has 0 fully saturated rings. The molecule has 3 aromatic rings. The number of amides is 1. The minimum absolute atomic E-state index is 0.0954. The standard InChI is InChI=1S/C26H33N3O4/c1-5-20-11-13-21(14-12-20)25(30)28(15-8-17-32-3)19(2)24-27-23-10-7-6-9-22(23)26(31)29(24)16-18-33-4/h6-7,9-14,19H,5,8,15-18H2,1-4H3. The Kier molecular flexibility index (Phi) is 8.74. The van der Waals surface area contributed by atoms with Crippen LogP contribution in [-0.2, 0) is 22.4 Å². The highest BCUT2D eigenvalue weighted by Crippen LogP contribution is 2.23. The van der Waals surface area contributed by atoms with E-state index in [1.807, 2.05) is 49.4 Å². The molecule has 7 nitrogen and oxygen atoms in total. The van der Waals surface area contributed by atoms with Gasteiger partial charge in [0.05, 0.1) is 30.1 Å². The van der Waals surface area contributed by atoms with E-state index >= 15 is 0 Å². The number of hydrogen-bond acceptors (Lipinski definition) is 5. The summed E-state index contributed by atoms with van der Waals surface area (Å²) in [5.41, 5.74) is 2.28. The molecule has 0 aliphatic heterocycles. The summed E-state index contributed by atoms with van der Waals surface area (Å²) in [6.45, 7) is 5.75. The molecular weight excluding hydrogens is 418 g/mol. The summed E-state index contributed by atoms with van der Waals surface area (Å²) >= 11 is 0. The molecule has 0 saturated heterocycles. The van der Waals surface area contributed by atoms with Gasteiger partial charge in [-0.25, -0.2) is 4.98 Å². The summed E-state index contributed by atoms with van der Waals surface area (Å²) in [5, 5.41) is 0.553. The molecule has 0 aliphatic carbocycles. The smallest absolute Gasteiger partial charge is 0.261 e. The van der Waals surface area contributed by atoms with Crippen molar-refractivity contribution in [2.75, 3.05) is 34.0 Å². The Balaban J connectivity index is 2.06. The van der Waals surface area contributed by atoms with Crippen LogP contribution in [0, 0.1) is 0 Å². The van der Waals surface area contributed by atoms with E-state index in [1.165, 1.54) is 5.56 Å². The van der Waals surface area contributed by atoms with E-state index in [0.717, 1.165) is 6.42 Å². The summed E-state index contributed by atoms with van der Waals surface area (Å²) in [4.78, 5) is 33.5. The quantitative estimate of drug-likeness (QED) is 0.414. The molecule has 1 aromatic heterocycles. The lowest BCUT2D eigenvalue weighted by Gasteiger charge is -2.31. The molecule has 0 bridgehead atoms. The van der Waals surface area contributed by atoms with Gasteiger partial charge in [0.25, 0.3) is 11.5 Å². The zero-order valence-electron chi connectivity index (χ0n) is 19.9. The topological polar surface area (TPSA) is 73.7 Å². The molecule has 1 unspecified atom stereocenters. The van der Waals surface area contributed by atoms with E-state index in [4.69, 9.17) is 14.5 Å². The minimum Gasteiger partial charge on any atom is -0.385 e. The Morgan fingerprint density at radius 2 is 1.76 bits per heavy atom. The monoisotopic (exact) mass is 451 g/mol. The molecule has 0 aliphatic rings. The number of rotatable bonds is 11. The number of methoxy groups -OCH3 is 2. The predicted octanol–water partition coefficient (Wildman–Crippen LogP) is 3.85. The Morgan fingerprint density at radius 3 is 2.42 bits per heavy atom. The van der Waals surface area contributed by atoms with E-state index in [2.05, 4.69) is 6.92 Å². The van der Waals surface area contributed by atoms with Gasteiger partial charge in [0, 0.05) is 32.9 Å². The van der Waals surface area contributed by atoms with Crippen molar-refractivity contribution in [1.29, 1.82) is 0 Å². The number of ether oxygens (including phenoxy) is 2. The SMILES string of the molecule is CCc1ccc(C(=O)N(CCCOC)C(C)c2nc3ccccc3c(=O)n2CCOC)cc1. The second-order valence-electron chi connectivity index (χ2n) is 8.01. The number of fused-ring (bicyclic) bond motifs is 1. The number of carbonyl (C=O) groups is 1. The van der Waals surface area contributed by atoms with Crippen LogP contribution in [0.3, 0.4) is 0 Å². The van der Waals surface area contributed by atoms with Crippen molar-refractivity contribution in [3.05, 3.63) is 75.8 Å². The van der Waals surface area contributed by atoms with Crippen LogP contribution in [0.25, 0.3) is 10.9 Å². The van der Waals surface area contributed by atoms with Gasteiger partial charge in [-0.2, -0.15) is 0 Å². The molecule has 176 valence electrons. The molecule has 0 saturated carbocycles. The van der Waals surface area contributed by atoms with Crippen molar-refractivity contribution < 1.29 is 14.3 Å². The van der Waals surface area contributed by atoms with Crippen LogP contribution >= 0.6 is 0 Å². The van der Waals surface area contributed by atoms with Gasteiger partial charge >= 0.3 is 0 Å². The Hall–Kier alpha value is -3.03. The van der Waals surface area contributed by atoms with Gasteiger partial charge in [0.1, 0.15) is 5.82 Å². The molecule has 1 amide bonds. The van der Waals surface area contributed by atoms with Gasteiger partial charge in [-0.15, -0.1) is 0 Å². The molecule has 2 aromatic carbocycles. The summed E-state index contributed by atoms with van der Waals surface area (Å²) in [7, 11) is 3.25. The fraction of sp³-hybridized carbons (Fsp3) is 0.423. The molecule has 0 radical (unpaired) electrons. The van der Waals surface area contributed by atoms with E-state index in [9.17, 15) is 9.59 Å². The summed E-state index contributed by atoms with van der Waals surface area (Å²) < 4.78 is 12.1. The van der Waals surface area contributed by atoms with E-state index in [1.54, 1.807) is 29.8 Å². The maximum atomic E-state index is 13.6. The number of benzene rings is 2. The Labute approximate surface area is 195 Å². The summed E-state index contributed by atoms with van der Waals surface area (Å²) in [5.74, 6) is 0.452. The van der Waals surface area contributed by atoms with Crippen LogP contribution in [-0.4, -0.2) is 54.3 Å². The van der Waals surface area contributed by atoms with Gasteiger partial charge < -0.3 is 14.4 Å². The third-order valence-electron chi connectivity index (χ3n) is 5.87. The lowest BCUT2D eigenvalue weighted by molar-refractivity contribution is 0.0653. The number of aromatic nitrogens is 2. The average Bonchev–Trinajstić information content (AvgIpc) is 2.85. The third kappa shape index (κ3) is 5.67. The highest BCUT2D eigenvalue weighted by Gasteiger charge is 2.27. The lowest BCUT2D eigenvalue weighted by atomic mass is 10.1. The number of para-hydroxylation sites is 1. The highest BCUT2D eigenvalue weighted by atomic mass is 16.5. The second-order valence-corrected chi connectivity index (χ2v) is 8.01. The first-order valence-corrected chi connectivity index (χ1v) is 11.4. The van der Waals surface area contributed by atoms with Gasteiger partial charge in [0.2, 0.25) is 0 Å². The van der Waals surface area contributed by atoms with Crippen molar-refractivity contribution >= 4 is 16.8 Å². The number of hydrogen-bond donors (Lipinski definition) is 0. The molecule has 0 N–H and O–H groups in total. The van der Waals surface area contributed by atoms with Crippen LogP contribution in [0.15, 0.2) is 53.3 Å². The van der Waals surface area contributed by atoms with E-state index in [0.29, 0.717) is 55.0 Å². The van der Waals surface area contributed by atoms with Gasteiger partial charge in [0.15, 0.2) is 0 Å². The number of nitrogens with zero attached hydrogens (tertiary/aromatic N) is 3. The maximum absolute atomic E-state index is 13.6. The van der Waals surface area contributed by atoms with Crippen LogP contribution in [0.1, 0.15) is 48.1 Å². The normalized spacial score (nSPS) is 12.1. The number of aryl methyl sites for hydroxylation is 1. The second kappa shape index (κ2) is 11.7. The first-order valence-electron chi connectivity index (χ1n) is 11.4.